The van der Waals surface area contributed by atoms with Crippen LogP contribution in [-0.2, 0) is 5.41 Å². The normalized spacial score (nSPS) is 11.1. The molecule has 1 rings (SSSR count). The Hall–Kier alpha value is -2.18. The highest BCUT2D eigenvalue weighted by molar-refractivity contribution is 5.59. The van der Waals surface area contributed by atoms with Gasteiger partial charge in [-0.1, -0.05) is 20.8 Å². The van der Waals surface area contributed by atoms with E-state index in [4.69, 9.17) is 4.74 Å². The molecule has 98 valence electrons. The Kier molecular flexibility index (Phi) is 3.54. The van der Waals surface area contributed by atoms with Crippen molar-refractivity contribution < 1.29 is 14.6 Å². The quantitative estimate of drug-likeness (QED) is 0.610. The van der Waals surface area contributed by atoms with Gasteiger partial charge in [-0.05, 0) is 11.5 Å². The van der Waals surface area contributed by atoms with Gasteiger partial charge in [0.05, 0.1) is 23.0 Å². The van der Waals surface area contributed by atoms with Gasteiger partial charge in [-0.2, -0.15) is 0 Å². The second kappa shape index (κ2) is 4.59. The molecule has 0 N–H and O–H groups in total. The molecule has 0 atom stereocenters. The molecule has 0 bridgehead atoms. The predicted molar refractivity (Wildman–Crippen MR) is 65.0 cm³/mol. The van der Waals surface area contributed by atoms with E-state index in [9.17, 15) is 20.2 Å². The van der Waals surface area contributed by atoms with Crippen LogP contribution >= 0.6 is 0 Å². The summed E-state index contributed by atoms with van der Waals surface area (Å²) >= 11 is 0. The van der Waals surface area contributed by atoms with Crippen molar-refractivity contribution in [3.63, 3.8) is 0 Å². The maximum atomic E-state index is 11.0. The summed E-state index contributed by atoms with van der Waals surface area (Å²) in [6, 6.07) is 2.30. The number of methoxy groups -OCH3 is 1. The van der Waals surface area contributed by atoms with Crippen molar-refractivity contribution in [2.45, 2.75) is 26.2 Å². The van der Waals surface area contributed by atoms with E-state index in [-0.39, 0.29) is 11.4 Å². The molecule has 1 aromatic rings. The summed E-state index contributed by atoms with van der Waals surface area (Å²) in [5.41, 5.74) is -0.785. The number of hydrogen-bond donors (Lipinski definition) is 0. The number of benzene rings is 1. The fraction of sp³-hybridized carbons (Fsp3) is 0.455. The summed E-state index contributed by atoms with van der Waals surface area (Å²) in [5, 5.41) is 21.8. The summed E-state index contributed by atoms with van der Waals surface area (Å²) in [6.07, 6.45) is 0. The van der Waals surface area contributed by atoms with Crippen LogP contribution in [0.1, 0.15) is 26.3 Å². The highest BCUT2D eigenvalue weighted by Crippen LogP contribution is 2.39. The van der Waals surface area contributed by atoms with Gasteiger partial charge in [-0.3, -0.25) is 20.2 Å². The standard InChI is InChI=1S/C11H14N2O5/c1-11(2,3)7-5-10(18-4)9(13(16)17)6-8(7)12(14)15/h5-6H,1-4H3. The molecule has 7 nitrogen and oxygen atoms in total. The first-order valence-corrected chi connectivity index (χ1v) is 5.19. The van der Waals surface area contributed by atoms with Crippen LogP contribution in [0.25, 0.3) is 0 Å². The molecule has 0 radical (unpaired) electrons. The largest absolute Gasteiger partial charge is 0.490 e. The minimum absolute atomic E-state index is 0.0236. The molecule has 0 aliphatic rings. The summed E-state index contributed by atoms with van der Waals surface area (Å²) in [5.74, 6) is 0.0236. The van der Waals surface area contributed by atoms with Gasteiger partial charge in [0.1, 0.15) is 0 Å². The lowest BCUT2D eigenvalue weighted by Gasteiger charge is -2.19. The number of nitro benzene ring substituents is 2. The summed E-state index contributed by atoms with van der Waals surface area (Å²) in [7, 11) is 1.29. The van der Waals surface area contributed by atoms with E-state index in [0.717, 1.165) is 6.07 Å². The molecule has 7 heteroatoms. The molecule has 0 unspecified atom stereocenters. The van der Waals surface area contributed by atoms with Gasteiger partial charge in [-0.15, -0.1) is 0 Å². The Morgan fingerprint density at radius 1 is 1.06 bits per heavy atom. The van der Waals surface area contributed by atoms with E-state index >= 15 is 0 Å². The lowest BCUT2D eigenvalue weighted by atomic mass is 9.85. The number of hydrogen-bond acceptors (Lipinski definition) is 5. The van der Waals surface area contributed by atoms with Gasteiger partial charge in [0.25, 0.3) is 5.69 Å². The molecule has 0 amide bonds. The summed E-state index contributed by atoms with van der Waals surface area (Å²) in [4.78, 5) is 20.5. The van der Waals surface area contributed by atoms with Crippen molar-refractivity contribution in [3.8, 4) is 5.75 Å². The molecular formula is C11H14N2O5. The molecule has 0 fully saturated rings. The van der Waals surface area contributed by atoms with Crippen molar-refractivity contribution in [2.24, 2.45) is 0 Å². The van der Waals surface area contributed by atoms with Crippen LogP contribution in [0.2, 0.25) is 0 Å². The molecule has 0 spiro atoms. The maximum absolute atomic E-state index is 11.0. The fourth-order valence-electron chi connectivity index (χ4n) is 1.62. The molecule has 0 aliphatic carbocycles. The van der Waals surface area contributed by atoms with E-state index in [1.54, 1.807) is 20.8 Å². The van der Waals surface area contributed by atoms with Gasteiger partial charge in [-0.25, -0.2) is 0 Å². The molecule has 0 aromatic heterocycles. The van der Waals surface area contributed by atoms with E-state index in [0.29, 0.717) is 5.56 Å². The first-order chi connectivity index (χ1) is 8.18. The lowest BCUT2D eigenvalue weighted by molar-refractivity contribution is -0.395. The highest BCUT2D eigenvalue weighted by Gasteiger charge is 2.30. The summed E-state index contributed by atoms with van der Waals surface area (Å²) < 4.78 is 4.91. The molecule has 1 aromatic carbocycles. The number of rotatable bonds is 3. The van der Waals surface area contributed by atoms with E-state index in [1.807, 2.05) is 0 Å². The molecule has 0 saturated carbocycles. The lowest BCUT2D eigenvalue weighted by Crippen LogP contribution is -2.14. The maximum Gasteiger partial charge on any atom is 0.317 e. The third-order valence-corrected chi connectivity index (χ3v) is 2.50. The van der Waals surface area contributed by atoms with E-state index < -0.39 is 20.9 Å². The van der Waals surface area contributed by atoms with Crippen molar-refractivity contribution >= 4 is 11.4 Å². The first kappa shape index (κ1) is 13.9. The first-order valence-electron chi connectivity index (χ1n) is 5.19. The zero-order valence-electron chi connectivity index (χ0n) is 10.6. The molecule has 18 heavy (non-hydrogen) atoms. The highest BCUT2D eigenvalue weighted by atomic mass is 16.6. The van der Waals surface area contributed by atoms with Gasteiger partial charge in [0.2, 0.25) is 0 Å². The van der Waals surface area contributed by atoms with Crippen LogP contribution in [-0.4, -0.2) is 17.0 Å². The zero-order valence-corrected chi connectivity index (χ0v) is 10.6. The Balaban J connectivity index is 3.63. The Morgan fingerprint density at radius 3 is 1.89 bits per heavy atom. The minimum Gasteiger partial charge on any atom is -0.490 e. The Morgan fingerprint density at radius 2 is 1.56 bits per heavy atom. The topological polar surface area (TPSA) is 95.5 Å². The van der Waals surface area contributed by atoms with Crippen LogP contribution in [0.5, 0.6) is 5.75 Å². The SMILES string of the molecule is COc1cc(C(C)(C)C)c([N+](=O)[O-])cc1[N+](=O)[O-]. The number of ether oxygens (including phenoxy) is 1. The molecular weight excluding hydrogens is 240 g/mol. The Bertz CT molecular complexity index is 505. The van der Waals surface area contributed by atoms with E-state index in [1.165, 1.54) is 13.2 Å². The predicted octanol–water partition coefficient (Wildman–Crippen LogP) is 2.81. The average molecular weight is 254 g/mol. The van der Waals surface area contributed by atoms with Gasteiger partial charge < -0.3 is 4.74 Å². The van der Waals surface area contributed by atoms with Crippen LogP contribution < -0.4 is 4.74 Å². The van der Waals surface area contributed by atoms with Crippen molar-refractivity contribution in [1.29, 1.82) is 0 Å². The van der Waals surface area contributed by atoms with Gasteiger partial charge in [0, 0.05) is 5.56 Å². The summed E-state index contributed by atoms with van der Waals surface area (Å²) in [6.45, 7) is 5.38. The molecule has 0 aliphatic heterocycles. The van der Waals surface area contributed by atoms with Crippen LogP contribution in [0.3, 0.4) is 0 Å². The smallest absolute Gasteiger partial charge is 0.317 e. The van der Waals surface area contributed by atoms with Crippen molar-refractivity contribution in [2.75, 3.05) is 7.11 Å². The molecule has 0 saturated heterocycles. The number of nitro groups is 2. The third-order valence-electron chi connectivity index (χ3n) is 2.50. The molecule has 0 heterocycles. The third kappa shape index (κ3) is 2.55. The van der Waals surface area contributed by atoms with Gasteiger partial charge >= 0.3 is 5.69 Å². The second-order valence-electron chi connectivity index (χ2n) is 4.81. The average Bonchev–Trinajstić information content (AvgIpc) is 2.25. The van der Waals surface area contributed by atoms with Crippen LogP contribution in [0, 0.1) is 20.2 Å². The van der Waals surface area contributed by atoms with Crippen molar-refractivity contribution in [3.05, 3.63) is 37.9 Å². The fourth-order valence-corrected chi connectivity index (χ4v) is 1.62. The van der Waals surface area contributed by atoms with Crippen molar-refractivity contribution in [1.82, 2.24) is 0 Å². The monoisotopic (exact) mass is 254 g/mol. The second-order valence-corrected chi connectivity index (χ2v) is 4.81. The number of nitrogens with zero attached hydrogens (tertiary/aromatic N) is 2. The Labute approximate surface area is 104 Å². The van der Waals surface area contributed by atoms with Gasteiger partial charge in [0.15, 0.2) is 5.75 Å². The van der Waals surface area contributed by atoms with Crippen LogP contribution in [0.15, 0.2) is 12.1 Å². The van der Waals surface area contributed by atoms with Crippen LogP contribution in [0.4, 0.5) is 11.4 Å². The zero-order chi connectivity index (χ0) is 14.1. The van der Waals surface area contributed by atoms with E-state index in [2.05, 4.69) is 0 Å². The minimum atomic E-state index is -0.696.